The monoisotopic (exact) mass is 292 g/mol. The van der Waals surface area contributed by atoms with E-state index >= 15 is 0 Å². The third kappa shape index (κ3) is 8.99. The van der Waals surface area contributed by atoms with Crippen molar-refractivity contribution in [3.05, 3.63) is 0 Å². The zero-order valence-electron chi connectivity index (χ0n) is 12.9. The van der Waals surface area contributed by atoms with Crippen LogP contribution in [-0.4, -0.2) is 32.2 Å². The Kier molecular flexibility index (Phi) is 7.00. The number of amides is 1. The molecule has 0 bridgehead atoms. The first-order valence-corrected chi connectivity index (χ1v) is 8.65. The maximum atomic E-state index is 12.1. The highest BCUT2D eigenvalue weighted by Crippen LogP contribution is 2.21. The third-order valence-electron chi connectivity index (χ3n) is 2.66. The van der Waals surface area contributed by atoms with Crippen molar-refractivity contribution < 1.29 is 13.2 Å². The maximum Gasteiger partial charge on any atom is 0.223 e. The van der Waals surface area contributed by atoms with Gasteiger partial charge in [-0.05, 0) is 40.5 Å². The van der Waals surface area contributed by atoms with Gasteiger partial charge in [0.15, 0.2) is 0 Å². The topological polar surface area (TPSA) is 75.3 Å². The summed E-state index contributed by atoms with van der Waals surface area (Å²) in [5.74, 6) is -0.170. The Balaban J connectivity index is 4.78. The molecule has 0 heterocycles. The van der Waals surface area contributed by atoms with E-state index in [0.717, 1.165) is 19.1 Å². The van der Waals surface area contributed by atoms with Crippen molar-refractivity contribution in [2.24, 2.45) is 5.92 Å². The van der Waals surface area contributed by atoms with Crippen molar-refractivity contribution in [2.45, 2.75) is 65.5 Å². The van der Waals surface area contributed by atoms with Gasteiger partial charge < -0.3 is 5.32 Å². The molecular formula is C13H28N2O3S. The van der Waals surface area contributed by atoms with Crippen LogP contribution < -0.4 is 10.0 Å². The fraction of sp³-hybridized carbons (Fsp3) is 0.923. The molecular weight excluding hydrogens is 264 g/mol. The van der Waals surface area contributed by atoms with Gasteiger partial charge in [-0.2, -0.15) is 0 Å². The van der Waals surface area contributed by atoms with Crippen molar-refractivity contribution in [2.75, 3.05) is 6.26 Å². The van der Waals surface area contributed by atoms with Crippen LogP contribution in [0.5, 0.6) is 0 Å². The fourth-order valence-electron chi connectivity index (χ4n) is 2.24. The molecule has 1 atom stereocenters. The number of carbonyl (C=O) groups excluding carboxylic acids is 1. The molecule has 0 spiro atoms. The molecule has 0 saturated heterocycles. The molecule has 0 aromatic rings. The average Bonchev–Trinajstić information content (AvgIpc) is 2.11. The first-order chi connectivity index (χ1) is 8.47. The number of hydrogen-bond acceptors (Lipinski definition) is 3. The molecule has 1 amide bonds. The quantitative estimate of drug-likeness (QED) is 0.714. The summed E-state index contributed by atoms with van der Waals surface area (Å²) in [5.41, 5.74) is -0.623. The maximum absolute atomic E-state index is 12.1. The molecule has 114 valence electrons. The lowest BCUT2D eigenvalue weighted by atomic mass is 9.88. The lowest BCUT2D eigenvalue weighted by molar-refractivity contribution is -0.126. The summed E-state index contributed by atoms with van der Waals surface area (Å²) in [4.78, 5) is 12.1. The predicted molar refractivity (Wildman–Crippen MR) is 78.4 cm³/mol. The molecule has 0 aliphatic carbocycles. The number of sulfonamides is 1. The van der Waals surface area contributed by atoms with Crippen molar-refractivity contribution in [3.8, 4) is 0 Å². The van der Waals surface area contributed by atoms with Crippen molar-refractivity contribution in [3.63, 3.8) is 0 Å². The van der Waals surface area contributed by atoms with Gasteiger partial charge in [0.25, 0.3) is 0 Å². The van der Waals surface area contributed by atoms with Crippen LogP contribution in [0.1, 0.15) is 53.9 Å². The van der Waals surface area contributed by atoms with Crippen molar-refractivity contribution in [1.82, 2.24) is 10.0 Å². The van der Waals surface area contributed by atoms with Crippen LogP contribution in [0.15, 0.2) is 0 Å². The molecule has 0 aliphatic heterocycles. The summed E-state index contributed by atoms with van der Waals surface area (Å²) in [6, 6.07) is 0.0952. The normalized spacial score (nSPS) is 14.5. The van der Waals surface area contributed by atoms with Gasteiger partial charge in [-0.25, -0.2) is 13.1 Å². The van der Waals surface area contributed by atoms with E-state index in [1.165, 1.54) is 0 Å². The molecule has 6 heteroatoms. The van der Waals surface area contributed by atoms with Gasteiger partial charge in [0.1, 0.15) is 0 Å². The van der Waals surface area contributed by atoms with Gasteiger partial charge in [-0.1, -0.05) is 13.3 Å². The van der Waals surface area contributed by atoms with Gasteiger partial charge >= 0.3 is 0 Å². The highest BCUT2D eigenvalue weighted by Gasteiger charge is 2.29. The Labute approximate surface area is 117 Å². The largest absolute Gasteiger partial charge is 0.354 e. The highest BCUT2D eigenvalue weighted by molar-refractivity contribution is 7.88. The summed E-state index contributed by atoms with van der Waals surface area (Å²) >= 11 is 0. The lowest BCUT2D eigenvalue weighted by Gasteiger charge is -2.29. The van der Waals surface area contributed by atoms with Gasteiger partial charge in [0.05, 0.1) is 6.26 Å². The average molecular weight is 292 g/mol. The lowest BCUT2D eigenvalue weighted by Crippen LogP contribution is -2.47. The van der Waals surface area contributed by atoms with Crippen molar-refractivity contribution in [1.29, 1.82) is 0 Å². The predicted octanol–water partition coefficient (Wildman–Crippen LogP) is 1.65. The Morgan fingerprint density at radius 2 is 1.79 bits per heavy atom. The number of nitrogens with one attached hydrogen (secondary N) is 2. The summed E-state index contributed by atoms with van der Waals surface area (Å²) in [6.45, 7) is 9.47. The first-order valence-electron chi connectivity index (χ1n) is 6.76. The fourth-order valence-corrected chi connectivity index (χ4v) is 3.32. The van der Waals surface area contributed by atoms with E-state index in [1.54, 1.807) is 13.8 Å². The molecule has 19 heavy (non-hydrogen) atoms. The SMILES string of the molecule is CCCC(CC(C)(C)NS(C)(=O)=O)C(=O)NC(C)C. The number of rotatable bonds is 8. The van der Waals surface area contributed by atoms with E-state index in [4.69, 9.17) is 0 Å². The molecule has 2 N–H and O–H groups in total. The van der Waals surface area contributed by atoms with E-state index < -0.39 is 15.6 Å². The smallest absolute Gasteiger partial charge is 0.223 e. The second-order valence-corrected chi connectivity index (χ2v) is 7.86. The molecule has 0 rings (SSSR count). The van der Waals surface area contributed by atoms with Crippen LogP contribution in [-0.2, 0) is 14.8 Å². The third-order valence-corrected chi connectivity index (χ3v) is 3.58. The van der Waals surface area contributed by atoms with Crippen molar-refractivity contribution >= 4 is 15.9 Å². The van der Waals surface area contributed by atoms with E-state index in [1.807, 2.05) is 20.8 Å². The van der Waals surface area contributed by atoms with Crippen LogP contribution in [0.3, 0.4) is 0 Å². The molecule has 1 unspecified atom stereocenters. The standard InChI is InChI=1S/C13H28N2O3S/c1-7-8-11(12(16)14-10(2)3)9-13(4,5)15-19(6,17)18/h10-11,15H,7-9H2,1-6H3,(H,14,16). The van der Waals surface area contributed by atoms with Gasteiger partial charge in [0, 0.05) is 17.5 Å². The Morgan fingerprint density at radius 1 is 1.26 bits per heavy atom. The molecule has 0 aromatic carbocycles. The van der Waals surface area contributed by atoms with Crippen LogP contribution in [0, 0.1) is 5.92 Å². The van der Waals surface area contributed by atoms with Gasteiger partial charge in [0.2, 0.25) is 15.9 Å². The Morgan fingerprint density at radius 3 is 2.16 bits per heavy atom. The molecule has 0 aliphatic rings. The minimum Gasteiger partial charge on any atom is -0.354 e. The van der Waals surface area contributed by atoms with E-state index in [0.29, 0.717) is 6.42 Å². The number of hydrogen-bond donors (Lipinski definition) is 2. The van der Waals surface area contributed by atoms with Crippen LogP contribution in [0.25, 0.3) is 0 Å². The van der Waals surface area contributed by atoms with E-state index in [-0.39, 0.29) is 17.9 Å². The summed E-state index contributed by atoms with van der Waals surface area (Å²) in [7, 11) is -3.27. The van der Waals surface area contributed by atoms with Gasteiger partial charge in [-0.15, -0.1) is 0 Å². The summed E-state index contributed by atoms with van der Waals surface area (Å²) in [5, 5.41) is 2.90. The zero-order chi connectivity index (χ0) is 15.3. The summed E-state index contributed by atoms with van der Waals surface area (Å²) in [6.07, 6.45) is 3.28. The second kappa shape index (κ2) is 7.24. The van der Waals surface area contributed by atoms with Gasteiger partial charge in [-0.3, -0.25) is 4.79 Å². The molecule has 5 nitrogen and oxygen atoms in total. The Bertz CT molecular complexity index is 389. The van der Waals surface area contributed by atoms with Crippen LogP contribution >= 0.6 is 0 Å². The summed E-state index contributed by atoms with van der Waals surface area (Å²) < 4.78 is 25.2. The van der Waals surface area contributed by atoms with Crippen LogP contribution in [0.2, 0.25) is 0 Å². The van der Waals surface area contributed by atoms with E-state index in [2.05, 4.69) is 10.0 Å². The molecule has 0 radical (unpaired) electrons. The second-order valence-electron chi connectivity index (χ2n) is 6.11. The Hall–Kier alpha value is -0.620. The minimum absolute atomic E-state index is 0.000209. The molecule has 0 saturated carbocycles. The minimum atomic E-state index is -3.27. The van der Waals surface area contributed by atoms with E-state index in [9.17, 15) is 13.2 Å². The zero-order valence-corrected chi connectivity index (χ0v) is 13.7. The molecule has 0 aromatic heterocycles. The first kappa shape index (κ1) is 18.4. The highest BCUT2D eigenvalue weighted by atomic mass is 32.2. The number of carbonyl (C=O) groups is 1. The molecule has 0 fully saturated rings. The van der Waals surface area contributed by atoms with Crippen LogP contribution in [0.4, 0.5) is 0 Å².